The number of nitrogens with zero attached hydrogens (tertiary/aromatic N) is 2. The summed E-state index contributed by atoms with van der Waals surface area (Å²) in [5.41, 5.74) is 1.92. The predicted octanol–water partition coefficient (Wildman–Crippen LogP) is 1.77. The van der Waals surface area contributed by atoms with E-state index in [1.165, 1.54) is 43.1 Å². The number of rotatable bonds is 10. The van der Waals surface area contributed by atoms with E-state index >= 15 is 0 Å². The van der Waals surface area contributed by atoms with Gasteiger partial charge < -0.3 is 15.4 Å². The van der Waals surface area contributed by atoms with Crippen LogP contribution in [0.3, 0.4) is 0 Å². The molecule has 3 rings (SSSR count). The first-order valence-corrected chi connectivity index (χ1v) is 11.7. The van der Waals surface area contributed by atoms with Crippen LogP contribution in [0.4, 0.5) is 5.69 Å². The summed E-state index contributed by atoms with van der Waals surface area (Å²) in [5.74, 6) is -0.374. The van der Waals surface area contributed by atoms with Crippen LogP contribution in [0.5, 0.6) is 5.75 Å². The molecule has 3 N–H and O–H groups in total. The lowest BCUT2D eigenvalue weighted by atomic mass is 10.2. The van der Waals surface area contributed by atoms with Crippen LogP contribution in [0, 0.1) is 0 Å². The van der Waals surface area contributed by atoms with Crippen molar-refractivity contribution in [2.24, 2.45) is 0 Å². The summed E-state index contributed by atoms with van der Waals surface area (Å²) in [7, 11) is -1.03. The van der Waals surface area contributed by atoms with E-state index in [-0.39, 0.29) is 35.5 Å². The zero-order chi connectivity index (χ0) is 24.6. The quantitative estimate of drug-likeness (QED) is 0.377. The second kappa shape index (κ2) is 11.3. The lowest BCUT2D eigenvalue weighted by Crippen LogP contribution is -2.21. The highest BCUT2D eigenvalue weighted by Gasteiger charge is 2.17. The van der Waals surface area contributed by atoms with Gasteiger partial charge in [0, 0.05) is 30.7 Å². The number of amides is 2. The maximum absolute atomic E-state index is 12.3. The molecule has 3 aromatic rings. The molecule has 0 aliphatic rings. The van der Waals surface area contributed by atoms with Crippen molar-refractivity contribution in [2.45, 2.75) is 18.0 Å². The van der Waals surface area contributed by atoms with Gasteiger partial charge in [-0.25, -0.2) is 13.1 Å². The average molecular weight is 484 g/mol. The van der Waals surface area contributed by atoms with Crippen LogP contribution in [0.1, 0.15) is 11.1 Å². The van der Waals surface area contributed by atoms with Crippen molar-refractivity contribution in [3.63, 3.8) is 0 Å². The first-order valence-electron chi connectivity index (χ1n) is 10.2. The molecule has 2 amide bonds. The Kier molecular flexibility index (Phi) is 8.17. The van der Waals surface area contributed by atoms with E-state index in [1.807, 2.05) is 6.07 Å². The Bertz CT molecular complexity index is 1290. The minimum absolute atomic E-state index is 0.0218. The molecule has 178 valence electrons. The molecule has 0 bridgehead atoms. The van der Waals surface area contributed by atoms with Gasteiger partial charge in [-0.2, -0.15) is 5.10 Å². The molecule has 1 heterocycles. The Morgan fingerprint density at radius 2 is 1.97 bits per heavy atom. The number of methoxy groups -OCH3 is 1. The molecule has 2 aromatic carbocycles. The number of carbonyl (C=O) groups excluding carboxylic acids is 2. The Morgan fingerprint density at radius 3 is 2.68 bits per heavy atom. The van der Waals surface area contributed by atoms with Gasteiger partial charge in [0.15, 0.2) is 0 Å². The molecule has 1 aromatic heterocycles. The summed E-state index contributed by atoms with van der Waals surface area (Å²) >= 11 is 0. The average Bonchev–Trinajstić information content (AvgIpc) is 3.34. The van der Waals surface area contributed by atoms with E-state index in [1.54, 1.807) is 42.7 Å². The number of aromatic nitrogens is 2. The molecule has 0 unspecified atom stereocenters. The fourth-order valence-corrected chi connectivity index (χ4v) is 3.96. The van der Waals surface area contributed by atoms with Gasteiger partial charge in [-0.15, -0.1) is 0 Å². The maximum Gasteiger partial charge on any atom is 0.246 e. The third-order valence-corrected chi connectivity index (χ3v) is 6.15. The van der Waals surface area contributed by atoms with Crippen LogP contribution < -0.4 is 20.1 Å². The predicted molar refractivity (Wildman–Crippen MR) is 127 cm³/mol. The van der Waals surface area contributed by atoms with Gasteiger partial charge in [-0.3, -0.25) is 14.3 Å². The SMILES string of the molecule is CNS(=O)(=O)c1cc(/C=C/C(=O)NCc2cccc(NC(=O)Cn3cccn3)c2)ccc1OC. The molecule has 0 atom stereocenters. The van der Waals surface area contributed by atoms with E-state index in [0.29, 0.717) is 11.3 Å². The molecular weight excluding hydrogens is 458 g/mol. The highest BCUT2D eigenvalue weighted by atomic mass is 32.2. The van der Waals surface area contributed by atoms with Crippen LogP contribution >= 0.6 is 0 Å². The lowest BCUT2D eigenvalue weighted by Gasteiger charge is -2.09. The summed E-state index contributed by atoms with van der Waals surface area (Å²) in [4.78, 5) is 24.4. The van der Waals surface area contributed by atoms with Gasteiger partial charge in [-0.1, -0.05) is 18.2 Å². The van der Waals surface area contributed by atoms with Crippen LogP contribution in [0.15, 0.2) is 71.9 Å². The summed E-state index contributed by atoms with van der Waals surface area (Å²) < 4.78 is 33.2. The molecule has 0 radical (unpaired) electrons. The van der Waals surface area contributed by atoms with Crippen LogP contribution in [-0.4, -0.2) is 44.2 Å². The smallest absolute Gasteiger partial charge is 0.246 e. The Morgan fingerprint density at radius 1 is 1.15 bits per heavy atom. The number of ether oxygens (including phenoxy) is 1. The van der Waals surface area contributed by atoms with Crippen molar-refractivity contribution in [1.82, 2.24) is 19.8 Å². The summed E-state index contributed by atoms with van der Waals surface area (Å²) in [6.07, 6.45) is 6.12. The monoisotopic (exact) mass is 483 g/mol. The van der Waals surface area contributed by atoms with Crippen LogP contribution in [-0.2, 0) is 32.7 Å². The first-order chi connectivity index (χ1) is 16.3. The van der Waals surface area contributed by atoms with Gasteiger partial charge in [-0.05, 0) is 54.6 Å². The van der Waals surface area contributed by atoms with Gasteiger partial charge in [0.1, 0.15) is 17.2 Å². The molecule has 34 heavy (non-hydrogen) atoms. The minimum atomic E-state index is -3.72. The maximum atomic E-state index is 12.3. The lowest BCUT2D eigenvalue weighted by molar-refractivity contribution is -0.117. The molecule has 0 saturated carbocycles. The third-order valence-electron chi connectivity index (χ3n) is 4.72. The van der Waals surface area contributed by atoms with Crippen molar-refractivity contribution < 1.29 is 22.7 Å². The topological polar surface area (TPSA) is 131 Å². The van der Waals surface area contributed by atoms with Gasteiger partial charge >= 0.3 is 0 Å². The van der Waals surface area contributed by atoms with Crippen molar-refractivity contribution in [3.8, 4) is 5.75 Å². The Balaban J connectivity index is 1.58. The normalized spacial score (nSPS) is 11.4. The molecular formula is C23H25N5O5S. The van der Waals surface area contributed by atoms with Gasteiger partial charge in [0.05, 0.1) is 7.11 Å². The van der Waals surface area contributed by atoms with Crippen molar-refractivity contribution in [3.05, 3.63) is 78.1 Å². The van der Waals surface area contributed by atoms with E-state index in [2.05, 4.69) is 20.5 Å². The summed E-state index contributed by atoms with van der Waals surface area (Å²) in [6.45, 7) is 0.343. The van der Waals surface area contributed by atoms with Crippen LogP contribution in [0.25, 0.3) is 6.08 Å². The molecule has 0 saturated heterocycles. The summed E-state index contributed by atoms with van der Waals surface area (Å²) in [5, 5.41) is 9.55. The second-order valence-electron chi connectivity index (χ2n) is 7.12. The number of sulfonamides is 1. The Hall–Kier alpha value is -3.96. The largest absolute Gasteiger partial charge is 0.495 e. The molecule has 0 aliphatic heterocycles. The van der Waals surface area contributed by atoms with Crippen molar-refractivity contribution in [1.29, 1.82) is 0 Å². The fraction of sp³-hybridized carbons (Fsp3) is 0.174. The van der Waals surface area contributed by atoms with Gasteiger partial charge in [0.2, 0.25) is 21.8 Å². The minimum Gasteiger partial charge on any atom is -0.495 e. The Labute approximate surface area is 197 Å². The third kappa shape index (κ3) is 6.77. The molecule has 0 aliphatic carbocycles. The highest BCUT2D eigenvalue weighted by molar-refractivity contribution is 7.89. The molecule has 11 heteroatoms. The number of nitrogens with one attached hydrogen (secondary N) is 3. The van der Waals surface area contributed by atoms with Crippen LogP contribution in [0.2, 0.25) is 0 Å². The highest BCUT2D eigenvalue weighted by Crippen LogP contribution is 2.25. The number of carbonyl (C=O) groups is 2. The number of hydrogen-bond acceptors (Lipinski definition) is 6. The molecule has 0 spiro atoms. The second-order valence-corrected chi connectivity index (χ2v) is 8.98. The zero-order valence-corrected chi connectivity index (χ0v) is 19.5. The summed E-state index contributed by atoms with van der Waals surface area (Å²) in [6, 6.07) is 13.5. The molecule has 10 nitrogen and oxygen atoms in total. The number of anilines is 1. The number of benzene rings is 2. The van der Waals surface area contributed by atoms with E-state index < -0.39 is 10.0 Å². The fourth-order valence-electron chi connectivity index (χ4n) is 3.04. The van der Waals surface area contributed by atoms with Crippen molar-refractivity contribution >= 4 is 33.6 Å². The van der Waals surface area contributed by atoms with Crippen molar-refractivity contribution in [2.75, 3.05) is 19.5 Å². The standard InChI is InChI=1S/C23H25N5O5S/c1-24-34(31,32)21-14-17(7-9-20(21)33-2)8-10-22(29)25-15-18-5-3-6-19(13-18)27-23(30)16-28-12-4-11-26-28/h3-14,24H,15-16H2,1-2H3,(H,25,29)(H,27,30)/b10-8+. The number of hydrogen-bond donors (Lipinski definition) is 3. The first kappa shape index (κ1) is 24.7. The van der Waals surface area contributed by atoms with E-state index in [4.69, 9.17) is 4.74 Å². The molecule has 0 fully saturated rings. The van der Waals surface area contributed by atoms with E-state index in [9.17, 15) is 18.0 Å². The van der Waals surface area contributed by atoms with Gasteiger partial charge in [0.25, 0.3) is 0 Å². The van der Waals surface area contributed by atoms with E-state index in [0.717, 1.165) is 5.56 Å². The zero-order valence-electron chi connectivity index (χ0n) is 18.7.